The van der Waals surface area contributed by atoms with Gasteiger partial charge in [0, 0.05) is 11.1 Å². The number of aryl methyl sites for hydroxylation is 1. The molecule has 1 aromatic heterocycles. The molecule has 0 unspecified atom stereocenters. The van der Waals surface area contributed by atoms with Gasteiger partial charge in [0.15, 0.2) is 0 Å². The lowest BCUT2D eigenvalue weighted by Gasteiger charge is -2.05. The van der Waals surface area contributed by atoms with Crippen molar-refractivity contribution in [2.45, 2.75) is 16.8 Å². The molecule has 0 bridgehead atoms. The number of hydrogen-bond donors (Lipinski definition) is 0. The van der Waals surface area contributed by atoms with Crippen molar-refractivity contribution in [2.24, 2.45) is 0 Å². The van der Waals surface area contributed by atoms with Crippen LogP contribution >= 0.6 is 39.3 Å². The summed E-state index contributed by atoms with van der Waals surface area (Å²) in [6, 6.07) is 8.15. The minimum atomic E-state index is 0.263. The van der Waals surface area contributed by atoms with E-state index in [2.05, 4.69) is 45.0 Å². The Morgan fingerprint density at radius 1 is 1.31 bits per heavy atom. The first-order valence-corrected chi connectivity index (χ1v) is 6.57. The molecule has 0 spiro atoms. The fraction of sp³-hybridized carbons (Fsp3) is 0.0909. The van der Waals surface area contributed by atoms with Crippen molar-refractivity contribution in [1.82, 2.24) is 9.97 Å². The SMILES string of the molecule is Cc1ccccc1Sc1nc(Cl)ncc1Br. The number of nitrogens with zero attached hydrogens (tertiary/aromatic N) is 2. The van der Waals surface area contributed by atoms with Gasteiger partial charge in [-0.3, -0.25) is 0 Å². The highest BCUT2D eigenvalue weighted by molar-refractivity contribution is 9.10. The van der Waals surface area contributed by atoms with Gasteiger partial charge in [-0.15, -0.1) is 0 Å². The molecule has 0 amide bonds. The Morgan fingerprint density at radius 2 is 2.06 bits per heavy atom. The van der Waals surface area contributed by atoms with E-state index in [1.807, 2.05) is 12.1 Å². The van der Waals surface area contributed by atoms with Crippen LogP contribution in [0.25, 0.3) is 0 Å². The van der Waals surface area contributed by atoms with Crippen molar-refractivity contribution >= 4 is 39.3 Å². The smallest absolute Gasteiger partial charge is 0.223 e. The van der Waals surface area contributed by atoms with Crippen LogP contribution in [0.3, 0.4) is 0 Å². The summed E-state index contributed by atoms with van der Waals surface area (Å²) in [6.45, 7) is 2.07. The molecule has 1 aromatic carbocycles. The molecule has 5 heteroatoms. The van der Waals surface area contributed by atoms with Gasteiger partial charge >= 0.3 is 0 Å². The minimum absolute atomic E-state index is 0.263. The monoisotopic (exact) mass is 314 g/mol. The highest BCUT2D eigenvalue weighted by Crippen LogP contribution is 2.33. The second kappa shape index (κ2) is 5.17. The predicted molar refractivity (Wildman–Crippen MR) is 70.0 cm³/mol. The third kappa shape index (κ3) is 2.75. The molecule has 0 saturated carbocycles. The Morgan fingerprint density at radius 3 is 2.81 bits per heavy atom. The Kier molecular flexibility index (Phi) is 3.84. The zero-order chi connectivity index (χ0) is 11.5. The molecule has 0 atom stereocenters. The van der Waals surface area contributed by atoms with Crippen LogP contribution in [-0.4, -0.2) is 9.97 Å². The van der Waals surface area contributed by atoms with Crippen molar-refractivity contribution in [3.8, 4) is 0 Å². The first kappa shape index (κ1) is 11.9. The van der Waals surface area contributed by atoms with E-state index < -0.39 is 0 Å². The van der Waals surface area contributed by atoms with Crippen molar-refractivity contribution < 1.29 is 0 Å². The zero-order valence-corrected chi connectivity index (χ0v) is 11.6. The number of hydrogen-bond acceptors (Lipinski definition) is 3. The Labute approximate surface area is 112 Å². The van der Waals surface area contributed by atoms with E-state index in [1.54, 1.807) is 18.0 Å². The van der Waals surface area contributed by atoms with E-state index in [1.165, 1.54) is 5.56 Å². The van der Waals surface area contributed by atoms with E-state index in [9.17, 15) is 0 Å². The minimum Gasteiger partial charge on any atom is -0.225 e. The maximum Gasteiger partial charge on any atom is 0.223 e. The van der Waals surface area contributed by atoms with Crippen LogP contribution in [0, 0.1) is 6.92 Å². The first-order chi connectivity index (χ1) is 7.66. The second-order valence-electron chi connectivity index (χ2n) is 3.16. The van der Waals surface area contributed by atoms with E-state index in [-0.39, 0.29) is 5.28 Å². The summed E-state index contributed by atoms with van der Waals surface area (Å²) < 4.78 is 0.852. The summed E-state index contributed by atoms with van der Waals surface area (Å²) >= 11 is 10.7. The third-order valence-corrected chi connectivity index (χ3v) is 4.19. The van der Waals surface area contributed by atoms with E-state index in [0.29, 0.717) is 0 Å². The molecule has 1 heterocycles. The topological polar surface area (TPSA) is 25.8 Å². The van der Waals surface area contributed by atoms with Crippen LogP contribution in [-0.2, 0) is 0 Å². The zero-order valence-electron chi connectivity index (χ0n) is 8.45. The summed E-state index contributed by atoms with van der Waals surface area (Å²) in [7, 11) is 0. The highest BCUT2D eigenvalue weighted by atomic mass is 79.9. The van der Waals surface area contributed by atoms with Crippen molar-refractivity contribution in [3.63, 3.8) is 0 Å². The molecule has 2 aromatic rings. The standard InChI is InChI=1S/C11H8BrClN2S/c1-7-4-2-3-5-9(7)16-10-8(12)6-14-11(13)15-10/h2-6H,1H3. The lowest BCUT2D eigenvalue weighted by molar-refractivity contribution is 1.02. The lowest BCUT2D eigenvalue weighted by atomic mass is 10.2. The van der Waals surface area contributed by atoms with Crippen molar-refractivity contribution in [3.05, 3.63) is 45.8 Å². The molecule has 0 aliphatic carbocycles. The average Bonchev–Trinajstić information content (AvgIpc) is 2.27. The van der Waals surface area contributed by atoms with Crippen LogP contribution in [0.2, 0.25) is 5.28 Å². The summed E-state index contributed by atoms with van der Waals surface area (Å²) in [5.41, 5.74) is 1.22. The molecule has 0 fully saturated rings. The van der Waals surface area contributed by atoms with Crippen LogP contribution in [0.15, 0.2) is 44.9 Å². The summed E-state index contributed by atoms with van der Waals surface area (Å²) in [6.07, 6.45) is 1.66. The van der Waals surface area contributed by atoms with Crippen LogP contribution in [0.5, 0.6) is 0 Å². The second-order valence-corrected chi connectivity index (χ2v) is 5.38. The van der Waals surface area contributed by atoms with Gasteiger partial charge in [0.2, 0.25) is 5.28 Å². The maximum atomic E-state index is 5.77. The summed E-state index contributed by atoms with van der Waals surface area (Å²) in [5.74, 6) is 0. The summed E-state index contributed by atoms with van der Waals surface area (Å²) in [5, 5.41) is 1.09. The Balaban J connectivity index is 2.34. The molecular formula is C11H8BrClN2S. The third-order valence-electron chi connectivity index (χ3n) is 1.98. The van der Waals surface area contributed by atoms with Gasteiger partial charge < -0.3 is 0 Å². The van der Waals surface area contributed by atoms with Gasteiger partial charge in [-0.1, -0.05) is 30.0 Å². The normalized spacial score (nSPS) is 10.4. The molecule has 0 N–H and O–H groups in total. The highest BCUT2D eigenvalue weighted by Gasteiger charge is 2.07. The van der Waals surface area contributed by atoms with E-state index >= 15 is 0 Å². The molecular weight excluding hydrogens is 308 g/mol. The maximum absolute atomic E-state index is 5.77. The van der Waals surface area contributed by atoms with Gasteiger partial charge in [-0.25, -0.2) is 9.97 Å². The number of aromatic nitrogens is 2. The van der Waals surface area contributed by atoms with E-state index in [0.717, 1.165) is 14.4 Å². The van der Waals surface area contributed by atoms with E-state index in [4.69, 9.17) is 11.6 Å². The fourth-order valence-electron chi connectivity index (χ4n) is 1.18. The quantitative estimate of drug-likeness (QED) is 0.608. The Hall–Kier alpha value is -0.580. The first-order valence-electron chi connectivity index (χ1n) is 4.58. The Bertz CT molecular complexity index is 519. The molecule has 0 radical (unpaired) electrons. The number of rotatable bonds is 2. The van der Waals surface area contributed by atoms with Crippen LogP contribution < -0.4 is 0 Å². The van der Waals surface area contributed by atoms with Crippen molar-refractivity contribution in [2.75, 3.05) is 0 Å². The van der Waals surface area contributed by atoms with Gasteiger partial charge in [0.1, 0.15) is 5.03 Å². The van der Waals surface area contributed by atoms with Gasteiger partial charge in [0.05, 0.1) is 4.47 Å². The fourth-order valence-corrected chi connectivity index (χ4v) is 2.66. The van der Waals surface area contributed by atoms with Gasteiger partial charge in [0.25, 0.3) is 0 Å². The average molecular weight is 316 g/mol. The molecule has 0 aliphatic rings. The van der Waals surface area contributed by atoms with Gasteiger partial charge in [-0.05, 0) is 46.1 Å². The molecule has 82 valence electrons. The van der Waals surface area contributed by atoms with Crippen molar-refractivity contribution in [1.29, 1.82) is 0 Å². The predicted octanol–water partition coefficient (Wildman–Crippen LogP) is 4.35. The number of benzene rings is 1. The summed E-state index contributed by atoms with van der Waals surface area (Å²) in [4.78, 5) is 9.24. The molecule has 2 rings (SSSR count). The van der Waals surface area contributed by atoms with Crippen LogP contribution in [0.1, 0.15) is 5.56 Å². The molecule has 0 aliphatic heterocycles. The van der Waals surface area contributed by atoms with Crippen LogP contribution in [0.4, 0.5) is 0 Å². The molecule has 16 heavy (non-hydrogen) atoms. The molecule has 2 nitrogen and oxygen atoms in total. The number of halogens is 2. The lowest BCUT2D eigenvalue weighted by Crippen LogP contribution is -1.87. The van der Waals surface area contributed by atoms with Gasteiger partial charge in [-0.2, -0.15) is 0 Å². The largest absolute Gasteiger partial charge is 0.225 e. The molecule has 0 saturated heterocycles.